The van der Waals surface area contributed by atoms with Crippen molar-refractivity contribution in [3.63, 3.8) is 0 Å². The van der Waals surface area contributed by atoms with E-state index in [1.165, 1.54) is 60.7 Å². The third-order valence-electron chi connectivity index (χ3n) is 4.37. The molecule has 3 aromatic carbocycles. The Morgan fingerprint density at radius 1 is 1.00 bits per heavy atom. The second-order valence-corrected chi connectivity index (χ2v) is 8.98. The van der Waals surface area contributed by atoms with Crippen LogP contribution in [0.4, 0.5) is 18.9 Å². The third-order valence-corrected chi connectivity index (χ3v) is 6.40. The highest BCUT2D eigenvalue weighted by Crippen LogP contribution is 2.31. The van der Waals surface area contributed by atoms with Crippen molar-refractivity contribution in [1.82, 2.24) is 5.43 Å². The number of hydrazone groups is 1. The SMILES string of the molecule is O=C(CN(c1cccc(Cl)c1)S(=O)(=O)c1ccccc1)NN=Cc1ccccc1C(F)(F)F. The maximum atomic E-state index is 13.2. The Morgan fingerprint density at radius 3 is 2.33 bits per heavy atom. The monoisotopic (exact) mass is 495 g/mol. The number of carbonyl (C=O) groups excluding carboxylic acids is 1. The molecule has 0 aromatic heterocycles. The normalized spacial score (nSPS) is 12.0. The van der Waals surface area contributed by atoms with Crippen molar-refractivity contribution < 1.29 is 26.4 Å². The molecule has 172 valence electrons. The van der Waals surface area contributed by atoms with Crippen LogP contribution in [-0.2, 0) is 21.0 Å². The minimum Gasteiger partial charge on any atom is -0.271 e. The fourth-order valence-corrected chi connectivity index (χ4v) is 4.49. The van der Waals surface area contributed by atoms with E-state index in [-0.39, 0.29) is 21.2 Å². The number of nitrogens with zero attached hydrogens (tertiary/aromatic N) is 2. The lowest BCUT2D eigenvalue weighted by Crippen LogP contribution is -2.39. The molecule has 11 heteroatoms. The van der Waals surface area contributed by atoms with Gasteiger partial charge in [0.25, 0.3) is 15.9 Å². The van der Waals surface area contributed by atoms with Gasteiger partial charge in [-0.05, 0) is 36.4 Å². The average Bonchev–Trinajstić information content (AvgIpc) is 2.77. The summed E-state index contributed by atoms with van der Waals surface area (Å²) in [5, 5.41) is 3.82. The number of carbonyl (C=O) groups is 1. The molecule has 0 aliphatic carbocycles. The van der Waals surface area contributed by atoms with E-state index in [1.54, 1.807) is 12.1 Å². The summed E-state index contributed by atoms with van der Waals surface area (Å²) in [6.45, 7) is -0.685. The zero-order valence-corrected chi connectivity index (χ0v) is 18.4. The number of rotatable bonds is 7. The molecule has 0 saturated heterocycles. The summed E-state index contributed by atoms with van der Waals surface area (Å²) < 4.78 is 66.4. The van der Waals surface area contributed by atoms with Crippen molar-refractivity contribution in [2.75, 3.05) is 10.8 Å². The van der Waals surface area contributed by atoms with E-state index in [9.17, 15) is 26.4 Å². The number of hydrogen-bond acceptors (Lipinski definition) is 4. The summed E-state index contributed by atoms with van der Waals surface area (Å²) in [6.07, 6.45) is -3.75. The zero-order chi connectivity index (χ0) is 24.1. The highest BCUT2D eigenvalue weighted by atomic mass is 35.5. The highest BCUT2D eigenvalue weighted by molar-refractivity contribution is 7.92. The number of halogens is 4. The standard InChI is InChI=1S/C22H17ClF3N3O3S/c23-17-8-6-9-18(13-17)29(33(31,32)19-10-2-1-3-11-19)15-21(30)28-27-14-16-7-4-5-12-20(16)22(24,25)26/h1-14H,15H2,(H,28,30). The topological polar surface area (TPSA) is 78.8 Å². The first kappa shape index (κ1) is 24.3. The average molecular weight is 496 g/mol. The molecular formula is C22H17ClF3N3O3S. The molecule has 0 spiro atoms. The lowest BCUT2D eigenvalue weighted by atomic mass is 10.1. The molecule has 6 nitrogen and oxygen atoms in total. The van der Waals surface area contributed by atoms with E-state index in [1.807, 2.05) is 0 Å². The van der Waals surface area contributed by atoms with Crippen LogP contribution in [0.15, 0.2) is 88.9 Å². The van der Waals surface area contributed by atoms with Gasteiger partial charge in [-0.2, -0.15) is 18.3 Å². The van der Waals surface area contributed by atoms with Gasteiger partial charge in [0, 0.05) is 10.6 Å². The van der Waals surface area contributed by atoms with Gasteiger partial charge in [-0.3, -0.25) is 9.10 Å². The van der Waals surface area contributed by atoms with Gasteiger partial charge in [0.05, 0.1) is 22.4 Å². The van der Waals surface area contributed by atoms with Crippen LogP contribution >= 0.6 is 11.6 Å². The molecule has 0 unspecified atom stereocenters. The van der Waals surface area contributed by atoms with Crippen LogP contribution in [0, 0.1) is 0 Å². The molecule has 0 aliphatic rings. The Hall–Kier alpha value is -3.37. The van der Waals surface area contributed by atoms with E-state index in [4.69, 9.17) is 11.6 Å². The molecule has 33 heavy (non-hydrogen) atoms. The van der Waals surface area contributed by atoms with Gasteiger partial charge in [-0.25, -0.2) is 13.8 Å². The molecule has 0 saturated carbocycles. The number of nitrogens with one attached hydrogen (secondary N) is 1. The van der Waals surface area contributed by atoms with Gasteiger partial charge in [-0.1, -0.05) is 54.1 Å². The second kappa shape index (κ2) is 10.1. The van der Waals surface area contributed by atoms with Crippen LogP contribution < -0.4 is 9.73 Å². The predicted octanol–water partition coefficient (Wildman–Crippen LogP) is 4.70. The molecule has 1 amide bonds. The van der Waals surface area contributed by atoms with Crippen LogP contribution in [0.5, 0.6) is 0 Å². The lowest BCUT2D eigenvalue weighted by molar-refractivity contribution is -0.137. The van der Waals surface area contributed by atoms with E-state index in [2.05, 4.69) is 10.5 Å². The number of hydrogen-bond donors (Lipinski definition) is 1. The highest BCUT2D eigenvalue weighted by Gasteiger charge is 2.32. The molecule has 0 heterocycles. The predicted molar refractivity (Wildman–Crippen MR) is 120 cm³/mol. The maximum absolute atomic E-state index is 13.2. The Balaban J connectivity index is 1.84. The second-order valence-electron chi connectivity index (χ2n) is 6.68. The van der Waals surface area contributed by atoms with Crippen molar-refractivity contribution in [2.45, 2.75) is 11.1 Å². The van der Waals surface area contributed by atoms with Gasteiger partial charge in [0.15, 0.2) is 0 Å². The van der Waals surface area contributed by atoms with E-state index in [0.717, 1.165) is 16.6 Å². The largest absolute Gasteiger partial charge is 0.417 e. The van der Waals surface area contributed by atoms with E-state index >= 15 is 0 Å². The number of benzene rings is 3. The summed E-state index contributed by atoms with van der Waals surface area (Å²) >= 11 is 5.99. The summed E-state index contributed by atoms with van der Waals surface area (Å²) in [5.41, 5.74) is 1.03. The fourth-order valence-electron chi connectivity index (χ4n) is 2.87. The fraction of sp³-hybridized carbons (Fsp3) is 0.0909. The number of sulfonamides is 1. The Bertz CT molecular complexity index is 1270. The molecule has 0 aliphatic heterocycles. The Labute approximate surface area is 193 Å². The van der Waals surface area contributed by atoms with Crippen LogP contribution in [0.25, 0.3) is 0 Å². The first-order valence-corrected chi connectivity index (χ1v) is 11.2. The molecule has 0 fully saturated rings. The first-order valence-electron chi connectivity index (χ1n) is 9.40. The molecule has 3 aromatic rings. The van der Waals surface area contributed by atoms with Crippen LogP contribution in [0.2, 0.25) is 5.02 Å². The van der Waals surface area contributed by atoms with Crippen LogP contribution in [-0.4, -0.2) is 27.1 Å². The van der Waals surface area contributed by atoms with Crippen LogP contribution in [0.3, 0.4) is 0 Å². The molecule has 0 bridgehead atoms. The van der Waals surface area contributed by atoms with Crippen molar-refractivity contribution in [1.29, 1.82) is 0 Å². The van der Waals surface area contributed by atoms with E-state index in [0.29, 0.717) is 0 Å². The van der Waals surface area contributed by atoms with Gasteiger partial charge in [-0.15, -0.1) is 0 Å². The van der Waals surface area contributed by atoms with Gasteiger partial charge in [0.2, 0.25) is 0 Å². The Kier molecular flexibility index (Phi) is 7.39. The van der Waals surface area contributed by atoms with Gasteiger partial charge >= 0.3 is 6.18 Å². The molecular weight excluding hydrogens is 479 g/mol. The minimum absolute atomic E-state index is 0.0552. The number of anilines is 1. The summed E-state index contributed by atoms with van der Waals surface area (Å²) in [5.74, 6) is -0.866. The number of amides is 1. The van der Waals surface area contributed by atoms with Crippen LogP contribution in [0.1, 0.15) is 11.1 Å². The first-order chi connectivity index (χ1) is 15.6. The summed E-state index contributed by atoms with van der Waals surface area (Å²) in [4.78, 5) is 12.4. The summed E-state index contributed by atoms with van der Waals surface area (Å²) in [6, 6.07) is 18.1. The molecule has 0 radical (unpaired) electrons. The molecule has 0 atom stereocenters. The molecule has 3 rings (SSSR count). The van der Waals surface area contributed by atoms with Crippen molar-refractivity contribution in [3.05, 3.63) is 95.0 Å². The Morgan fingerprint density at radius 2 is 1.67 bits per heavy atom. The van der Waals surface area contributed by atoms with Gasteiger partial charge < -0.3 is 0 Å². The van der Waals surface area contributed by atoms with Crippen molar-refractivity contribution in [3.8, 4) is 0 Å². The quantitative estimate of drug-likeness (QED) is 0.381. The van der Waals surface area contributed by atoms with Crippen molar-refractivity contribution >= 4 is 39.4 Å². The zero-order valence-electron chi connectivity index (χ0n) is 16.8. The maximum Gasteiger partial charge on any atom is 0.417 e. The minimum atomic E-state index is -4.60. The van der Waals surface area contributed by atoms with E-state index < -0.39 is 34.2 Å². The van der Waals surface area contributed by atoms with Gasteiger partial charge in [0.1, 0.15) is 6.54 Å². The van der Waals surface area contributed by atoms with Crippen molar-refractivity contribution in [2.24, 2.45) is 5.10 Å². The number of alkyl halides is 3. The third kappa shape index (κ3) is 6.11. The lowest BCUT2D eigenvalue weighted by Gasteiger charge is -2.23. The molecule has 1 N–H and O–H groups in total. The smallest absolute Gasteiger partial charge is 0.271 e. The summed E-state index contributed by atoms with van der Waals surface area (Å²) in [7, 11) is -4.16.